The maximum Gasteiger partial charge on any atom is 0.243 e. The Kier molecular flexibility index (Phi) is 7.76. The van der Waals surface area contributed by atoms with Gasteiger partial charge in [0.2, 0.25) is 15.9 Å². The predicted octanol–water partition coefficient (Wildman–Crippen LogP) is -0.159. The number of amides is 1. The Morgan fingerprint density at radius 1 is 1.21 bits per heavy atom. The molecule has 2 aliphatic heterocycles. The van der Waals surface area contributed by atoms with Crippen molar-refractivity contribution in [2.75, 3.05) is 58.7 Å². The lowest BCUT2D eigenvalue weighted by Crippen LogP contribution is -3.14. The van der Waals surface area contributed by atoms with Gasteiger partial charge in [-0.05, 0) is 43.4 Å². The van der Waals surface area contributed by atoms with Crippen LogP contribution in [0.15, 0.2) is 34.1 Å². The first-order chi connectivity index (χ1) is 13.5. The molecule has 28 heavy (non-hydrogen) atoms. The van der Waals surface area contributed by atoms with Crippen LogP contribution in [0.2, 0.25) is 0 Å². The fourth-order valence-corrected chi connectivity index (χ4v) is 5.55. The molecule has 0 radical (unpaired) electrons. The lowest BCUT2D eigenvalue weighted by Gasteiger charge is -2.30. The van der Waals surface area contributed by atoms with Crippen LogP contribution in [-0.4, -0.2) is 77.4 Å². The molecule has 3 rings (SSSR count). The first-order valence-corrected chi connectivity index (χ1v) is 12.5. The fourth-order valence-electron chi connectivity index (χ4n) is 3.67. The Hall–Kier alpha value is -1.13. The minimum atomic E-state index is -3.49. The van der Waals surface area contributed by atoms with E-state index in [-0.39, 0.29) is 11.8 Å². The Morgan fingerprint density at radius 3 is 2.46 bits per heavy atom. The number of benzene rings is 1. The number of carbonyl (C=O) groups excluding carboxylic acids is 1. The molecule has 0 bridgehead atoms. The van der Waals surface area contributed by atoms with E-state index in [2.05, 4.69) is 5.32 Å². The molecule has 9 heteroatoms. The summed E-state index contributed by atoms with van der Waals surface area (Å²) in [4.78, 5) is 15.2. The zero-order chi connectivity index (χ0) is 20.0. The van der Waals surface area contributed by atoms with Crippen LogP contribution in [0.3, 0.4) is 0 Å². The van der Waals surface area contributed by atoms with Gasteiger partial charge in [0.15, 0.2) is 0 Å². The van der Waals surface area contributed by atoms with E-state index in [9.17, 15) is 13.2 Å². The number of hydrogen-bond donors (Lipinski definition) is 2. The second-order valence-corrected chi connectivity index (χ2v) is 10.1. The highest BCUT2D eigenvalue weighted by molar-refractivity contribution is 7.98. The summed E-state index contributed by atoms with van der Waals surface area (Å²) in [6, 6.07) is 6.98. The molecule has 2 N–H and O–H groups in total. The first-order valence-electron chi connectivity index (χ1n) is 9.84. The highest BCUT2D eigenvalue weighted by Crippen LogP contribution is 2.25. The average molecular weight is 429 g/mol. The number of hydrogen-bond acceptors (Lipinski definition) is 5. The van der Waals surface area contributed by atoms with Crippen LogP contribution < -0.4 is 10.2 Å². The molecular formula is C19H30N3O4S2+. The number of piperidine rings is 1. The standard InChI is InChI=1S/C19H29N3O4S2/c1-27-17-2-4-18(5-3-17)28(24,25)22-9-6-16(7-10-22)19(23)20-8-11-21-12-14-26-15-13-21/h2-5,16H,6-15H2,1H3,(H,20,23)/p+1. The van der Waals surface area contributed by atoms with Crippen LogP contribution in [0.4, 0.5) is 0 Å². The van der Waals surface area contributed by atoms with Crippen molar-refractivity contribution in [3.63, 3.8) is 0 Å². The summed E-state index contributed by atoms with van der Waals surface area (Å²) in [5.74, 6) is -0.0564. The van der Waals surface area contributed by atoms with Gasteiger partial charge in [0.25, 0.3) is 0 Å². The average Bonchev–Trinajstić information content (AvgIpc) is 2.74. The van der Waals surface area contributed by atoms with Crippen molar-refractivity contribution in [2.24, 2.45) is 5.92 Å². The minimum Gasteiger partial charge on any atom is -0.370 e. The Bertz CT molecular complexity index is 741. The fraction of sp³-hybridized carbons (Fsp3) is 0.632. The lowest BCUT2D eigenvalue weighted by atomic mass is 9.97. The van der Waals surface area contributed by atoms with Gasteiger partial charge in [-0.25, -0.2) is 8.42 Å². The van der Waals surface area contributed by atoms with Crippen LogP contribution in [-0.2, 0) is 19.6 Å². The summed E-state index contributed by atoms with van der Waals surface area (Å²) < 4.78 is 32.5. The van der Waals surface area contributed by atoms with Gasteiger partial charge in [0.05, 0.1) is 31.2 Å². The molecule has 156 valence electrons. The SMILES string of the molecule is CSc1ccc(S(=O)(=O)N2CCC(C(=O)NCC[NH+]3CCOCC3)CC2)cc1. The van der Waals surface area contributed by atoms with E-state index < -0.39 is 10.0 Å². The molecule has 0 atom stereocenters. The van der Waals surface area contributed by atoms with Crippen LogP contribution in [0.1, 0.15) is 12.8 Å². The Labute approximate surface area is 171 Å². The topological polar surface area (TPSA) is 80.2 Å². The van der Waals surface area contributed by atoms with Crippen molar-refractivity contribution in [2.45, 2.75) is 22.6 Å². The Morgan fingerprint density at radius 2 is 1.86 bits per heavy atom. The van der Waals surface area contributed by atoms with Crippen LogP contribution >= 0.6 is 11.8 Å². The number of nitrogens with zero attached hydrogens (tertiary/aromatic N) is 1. The van der Waals surface area contributed by atoms with Gasteiger partial charge < -0.3 is 15.0 Å². The zero-order valence-corrected chi connectivity index (χ0v) is 18.0. The Balaban J connectivity index is 1.45. The molecular weight excluding hydrogens is 398 g/mol. The third kappa shape index (κ3) is 5.48. The lowest BCUT2D eigenvalue weighted by molar-refractivity contribution is -0.906. The predicted molar refractivity (Wildman–Crippen MR) is 109 cm³/mol. The molecule has 0 aliphatic carbocycles. The van der Waals surface area contributed by atoms with Gasteiger partial charge in [0.1, 0.15) is 13.1 Å². The van der Waals surface area contributed by atoms with Gasteiger partial charge in [-0.15, -0.1) is 11.8 Å². The van der Waals surface area contributed by atoms with Crippen molar-refractivity contribution in [1.82, 2.24) is 9.62 Å². The van der Waals surface area contributed by atoms with Crippen LogP contribution in [0, 0.1) is 5.92 Å². The monoisotopic (exact) mass is 428 g/mol. The van der Waals surface area contributed by atoms with Gasteiger partial charge in [-0.1, -0.05) is 0 Å². The summed E-state index contributed by atoms with van der Waals surface area (Å²) in [5.41, 5.74) is 0. The number of thioether (sulfide) groups is 1. The smallest absolute Gasteiger partial charge is 0.243 e. The molecule has 2 fully saturated rings. The summed E-state index contributed by atoms with van der Waals surface area (Å²) in [6.07, 6.45) is 3.10. The van der Waals surface area contributed by atoms with Crippen molar-refractivity contribution in [3.8, 4) is 0 Å². The quantitative estimate of drug-likeness (QED) is 0.590. The van der Waals surface area contributed by atoms with Crippen molar-refractivity contribution >= 4 is 27.7 Å². The normalized spacial score (nSPS) is 20.2. The molecule has 0 aromatic heterocycles. The zero-order valence-electron chi connectivity index (χ0n) is 16.4. The largest absolute Gasteiger partial charge is 0.370 e. The minimum absolute atomic E-state index is 0.0500. The molecule has 1 aromatic carbocycles. The van der Waals surface area contributed by atoms with Gasteiger partial charge in [-0.3, -0.25) is 4.79 Å². The molecule has 7 nitrogen and oxygen atoms in total. The number of morpholine rings is 1. The van der Waals surface area contributed by atoms with Gasteiger partial charge >= 0.3 is 0 Å². The van der Waals surface area contributed by atoms with Crippen molar-refractivity contribution < 1.29 is 22.8 Å². The van der Waals surface area contributed by atoms with E-state index in [4.69, 9.17) is 4.74 Å². The number of ether oxygens (including phenoxy) is 1. The molecule has 2 heterocycles. The van der Waals surface area contributed by atoms with E-state index >= 15 is 0 Å². The van der Waals surface area contributed by atoms with Crippen LogP contribution in [0.5, 0.6) is 0 Å². The van der Waals surface area contributed by atoms with Crippen LogP contribution in [0.25, 0.3) is 0 Å². The second kappa shape index (κ2) is 10.1. The van der Waals surface area contributed by atoms with E-state index in [1.54, 1.807) is 23.9 Å². The molecule has 0 unspecified atom stereocenters. The van der Waals surface area contributed by atoms with E-state index in [1.807, 2.05) is 18.4 Å². The molecule has 1 amide bonds. The van der Waals surface area contributed by atoms with Gasteiger partial charge in [0, 0.05) is 23.9 Å². The molecule has 1 aromatic rings. The highest BCUT2D eigenvalue weighted by Gasteiger charge is 2.32. The first kappa shape index (κ1) is 21.6. The third-order valence-electron chi connectivity index (χ3n) is 5.50. The van der Waals surface area contributed by atoms with E-state index in [0.717, 1.165) is 37.7 Å². The summed E-state index contributed by atoms with van der Waals surface area (Å²) >= 11 is 1.58. The number of nitrogens with one attached hydrogen (secondary N) is 2. The summed E-state index contributed by atoms with van der Waals surface area (Å²) in [7, 11) is -3.49. The second-order valence-electron chi connectivity index (χ2n) is 7.26. The molecule has 2 aliphatic rings. The number of sulfonamides is 1. The van der Waals surface area contributed by atoms with E-state index in [1.165, 1.54) is 9.21 Å². The third-order valence-corrected chi connectivity index (χ3v) is 8.16. The maximum absolute atomic E-state index is 12.8. The van der Waals surface area contributed by atoms with E-state index in [0.29, 0.717) is 37.4 Å². The molecule has 0 spiro atoms. The van der Waals surface area contributed by atoms with Crippen molar-refractivity contribution in [1.29, 1.82) is 0 Å². The van der Waals surface area contributed by atoms with Crippen molar-refractivity contribution in [3.05, 3.63) is 24.3 Å². The molecule has 2 saturated heterocycles. The summed E-state index contributed by atoms with van der Waals surface area (Å²) in [6.45, 7) is 5.90. The highest BCUT2D eigenvalue weighted by atomic mass is 32.2. The number of rotatable bonds is 7. The molecule has 0 saturated carbocycles. The number of quaternary nitrogens is 1. The van der Waals surface area contributed by atoms with Gasteiger partial charge in [-0.2, -0.15) is 4.31 Å². The maximum atomic E-state index is 12.8. The summed E-state index contributed by atoms with van der Waals surface area (Å²) in [5, 5.41) is 3.03. The number of carbonyl (C=O) groups is 1.